The summed E-state index contributed by atoms with van der Waals surface area (Å²) in [6.07, 6.45) is 1.70. The molecule has 0 spiro atoms. The zero-order valence-electron chi connectivity index (χ0n) is 14.2. The van der Waals surface area contributed by atoms with Gasteiger partial charge in [-0.1, -0.05) is 6.07 Å². The van der Waals surface area contributed by atoms with Crippen LogP contribution in [0.2, 0.25) is 0 Å². The number of nitrogens with one attached hydrogen (secondary N) is 2. The summed E-state index contributed by atoms with van der Waals surface area (Å²) in [7, 11) is -3.11. The molecule has 27 heavy (non-hydrogen) atoms. The normalized spacial score (nSPS) is 17.7. The average Bonchev–Trinajstić information content (AvgIpc) is 3.00. The van der Waals surface area contributed by atoms with Crippen LogP contribution in [-0.2, 0) is 9.84 Å². The molecule has 1 saturated heterocycles. The largest absolute Gasteiger partial charge is 0.347 e. The van der Waals surface area contributed by atoms with Crippen LogP contribution in [0.25, 0.3) is 0 Å². The molecule has 0 saturated carbocycles. The molecule has 1 aliphatic heterocycles. The van der Waals surface area contributed by atoms with Gasteiger partial charge in [-0.2, -0.15) is 5.26 Å². The van der Waals surface area contributed by atoms with E-state index in [1.165, 1.54) is 24.4 Å². The van der Waals surface area contributed by atoms with E-state index in [4.69, 9.17) is 5.26 Å². The van der Waals surface area contributed by atoms with Crippen LogP contribution in [0.4, 0.5) is 5.69 Å². The van der Waals surface area contributed by atoms with E-state index >= 15 is 0 Å². The van der Waals surface area contributed by atoms with Crippen LogP contribution in [0.15, 0.2) is 42.6 Å². The summed E-state index contributed by atoms with van der Waals surface area (Å²) >= 11 is 0. The van der Waals surface area contributed by atoms with Gasteiger partial charge in [-0.05, 0) is 36.8 Å². The number of hydrogen-bond donors (Lipinski definition) is 2. The van der Waals surface area contributed by atoms with Gasteiger partial charge in [0.2, 0.25) is 0 Å². The van der Waals surface area contributed by atoms with Gasteiger partial charge in [0, 0.05) is 23.5 Å². The highest BCUT2D eigenvalue weighted by Gasteiger charge is 2.29. The van der Waals surface area contributed by atoms with Crippen LogP contribution in [0.1, 0.15) is 32.8 Å². The monoisotopic (exact) mass is 384 g/mol. The molecule has 2 amide bonds. The predicted octanol–water partition coefficient (Wildman–Crippen LogP) is 1.12. The summed E-state index contributed by atoms with van der Waals surface area (Å²) in [6.45, 7) is 0. The molecule has 2 heterocycles. The lowest BCUT2D eigenvalue weighted by atomic mass is 10.1. The van der Waals surface area contributed by atoms with Gasteiger partial charge >= 0.3 is 0 Å². The Kier molecular flexibility index (Phi) is 5.19. The van der Waals surface area contributed by atoms with Crippen molar-refractivity contribution < 1.29 is 18.0 Å². The number of carbonyl (C=O) groups is 2. The fourth-order valence-electron chi connectivity index (χ4n) is 2.73. The second kappa shape index (κ2) is 7.55. The average molecular weight is 384 g/mol. The van der Waals surface area contributed by atoms with Crippen LogP contribution in [0.3, 0.4) is 0 Å². The van der Waals surface area contributed by atoms with Crippen LogP contribution < -0.4 is 10.6 Å². The molecule has 3 rings (SSSR count). The second-order valence-corrected chi connectivity index (χ2v) is 8.38. The molecule has 8 nitrogen and oxygen atoms in total. The lowest BCUT2D eigenvalue weighted by Gasteiger charge is -2.11. The number of nitriles is 1. The molecule has 138 valence electrons. The number of hydrogen-bond acceptors (Lipinski definition) is 6. The minimum Gasteiger partial charge on any atom is -0.347 e. The Bertz CT molecular complexity index is 1040. The molecule has 1 atom stereocenters. The lowest BCUT2D eigenvalue weighted by Crippen LogP contribution is -2.36. The number of benzene rings is 1. The van der Waals surface area contributed by atoms with Crippen molar-refractivity contribution in [2.75, 3.05) is 16.8 Å². The van der Waals surface area contributed by atoms with E-state index in [0.29, 0.717) is 17.7 Å². The van der Waals surface area contributed by atoms with Gasteiger partial charge in [0.25, 0.3) is 11.8 Å². The van der Waals surface area contributed by atoms with Gasteiger partial charge in [0.05, 0.1) is 23.1 Å². The molecule has 1 fully saturated rings. The molecule has 2 N–H and O–H groups in total. The lowest BCUT2D eigenvalue weighted by molar-refractivity contribution is 0.0936. The maximum Gasteiger partial charge on any atom is 0.270 e. The maximum atomic E-state index is 12.4. The Morgan fingerprint density at radius 3 is 2.70 bits per heavy atom. The summed E-state index contributed by atoms with van der Waals surface area (Å²) in [5, 5.41) is 14.2. The van der Waals surface area contributed by atoms with Gasteiger partial charge in [0.15, 0.2) is 9.84 Å². The van der Waals surface area contributed by atoms with Crippen LogP contribution in [-0.4, -0.2) is 42.8 Å². The second-order valence-electron chi connectivity index (χ2n) is 6.15. The molecule has 1 aromatic heterocycles. The Balaban J connectivity index is 1.70. The van der Waals surface area contributed by atoms with Gasteiger partial charge in [0.1, 0.15) is 5.69 Å². The van der Waals surface area contributed by atoms with Crippen molar-refractivity contribution in [3.05, 3.63) is 59.4 Å². The van der Waals surface area contributed by atoms with Crippen molar-refractivity contribution in [3.63, 3.8) is 0 Å². The van der Waals surface area contributed by atoms with Gasteiger partial charge in [-0.3, -0.25) is 14.6 Å². The van der Waals surface area contributed by atoms with Crippen molar-refractivity contribution in [1.82, 2.24) is 10.3 Å². The number of rotatable bonds is 4. The van der Waals surface area contributed by atoms with Crippen molar-refractivity contribution in [3.8, 4) is 6.07 Å². The summed E-state index contributed by atoms with van der Waals surface area (Å²) < 4.78 is 23.0. The first-order chi connectivity index (χ1) is 12.9. The summed E-state index contributed by atoms with van der Waals surface area (Å²) in [6, 6.07) is 10.8. The molecular formula is C18H16N4O4S. The molecule has 1 aliphatic rings. The number of nitrogens with zero attached hydrogens (tertiary/aromatic N) is 2. The molecule has 0 bridgehead atoms. The van der Waals surface area contributed by atoms with E-state index in [9.17, 15) is 18.0 Å². The topological polar surface area (TPSA) is 129 Å². The predicted molar refractivity (Wildman–Crippen MR) is 97.9 cm³/mol. The van der Waals surface area contributed by atoms with Gasteiger partial charge in [-0.25, -0.2) is 8.42 Å². The van der Waals surface area contributed by atoms with Crippen molar-refractivity contribution in [1.29, 1.82) is 5.26 Å². The minimum atomic E-state index is -3.11. The number of pyridine rings is 1. The Morgan fingerprint density at radius 1 is 1.19 bits per heavy atom. The Hall–Kier alpha value is -3.25. The highest BCUT2D eigenvalue weighted by molar-refractivity contribution is 7.91. The first-order valence-corrected chi connectivity index (χ1v) is 9.97. The fourth-order valence-corrected chi connectivity index (χ4v) is 4.41. The zero-order valence-corrected chi connectivity index (χ0v) is 15.0. The smallest absolute Gasteiger partial charge is 0.270 e. The summed E-state index contributed by atoms with van der Waals surface area (Å²) in [4.78, 5) is 28.6. The molecule has 1 unspecified atom stereocenters. The summed E-state index contributed by atoms with van der Waals surface area (Å²) in [5.41, 5.74) is 1.11. The number of sulfone groups is 1. The number of aromatic nitrogens is 1. The molecule has 9 heteroatoms. The van der Waals surface area contributed by atoms with Crippen molar-refractivity contribution >= 4 is 27.3 Å². The van der Waals surface area contributed by atoms with E-state index in [1.54, 1.807) is 18.2 Å². The minimum absolute atomic E-state index is 0.0257. The molecule has 1 aromatic carbocycles. The maximum absolute atomic E-state index is 12.4. The molecule has 2 aromatic rings. The van der Waals surface area contributed by atoms with E-state index in [1.807, 2.05) is 6.07 Å². The fraction of sp³-hybridized carbons (Fsp3) is 0.222. The van der Waals surface area contributed by atoms with E-state index in [-0.39, 0.29) is 22.8 Å². The van der Waals surface area contributed by atoms with Crippen molar-refractivity contribution in [2.24, 2.45) is 0 Å². The van der Waals surface area contributed by atoms with Gasteiger partial charge < -0.3 is 10.6 Å². The van der Waals surface area contributed by atoms with E-state index < -0.39 is 27.7 Å². The molecule has 0 aliphatic carbocycles. The Morgan fingerprint density at radius 2 is 2.00 bits per heavy atom. The van der Waals surface area contributed by atoms with Gasteiger partial charge in [-0.15, -0.1) is 0 Å². The quantitative estimate of drug-likeness (QED) is 0.813. The number of carbonyl (C=O) groups excluding carboxylic acids is 2. The highest BCUT2D eigenvalue weighted by atomic mass is 32.2. The first kappa shape index (κ1) is 18.5. The van der Waals surface area contributed by atoms with E-state index in [2.05, 4.69) is 15.6 Å². The Labute approximate surface area is 156 Å². The van der Waals surface area contributed by atoms with Crippen LogP contribution >= 0.6 is 0 Å². The third-order valence-electron chi connectivity index (χ3n) is 4.07. The highest BCUT2D eigenvalue weighted by Crippen LogP contribution is 2.14. The standard InChI is InChI=1S/C18H16N4O4S/c19-10-12-2-1-3-14(8-12)21-17(23)13-4-6-20-16(9-13)18(24)22-15-5-7-27(25,26)11-15/h1-4,6,8-9,15H,5,7,11H2,(H,21,23)(H,22,24). The van der Waals surface area contributed by atoms with E-state index in [0.717, 1.165) is 0 Å². The molecule has 0 radical (unpaired) electrons. The number of anilines is 1. The van der Waals surface area contributed by atoms with Crippen LogP contribution in [0, 0.1) is 11.3 Å². The van der Waals surface area contributed by atoms with Crippen molar-refractivity contribution in [2.45, 2.75) is 12.5 Å². The first-order valence-electron chi connectivity index (χ1n) is 8.15. The summed E-state index contributed by atoms with van der Waals surface area (Å²) in [5.74, 6) is -1.02. The zero-order chi connectivity index (χ0) is 19.4. The third-order valence-corrected chi connectivity index (χ3v) is 5.84. The number of amides is 2. The molecular weight excluding hydrogens is 368 g/mol. The van der Waals surface area contributed by atoms with Crippen LogP contribution in [0.5, 0.6) is 0 Å². The third kappa shape index (κ3) is 4.68. The SMILES string of the molecule is N#Cc1cccc(NC(=O)c2ccnc(C(=O)NC3CCS(=O)(=O)C3)c2)c1.